The van der Waals surface area contributed by atoms with Gasteiger partial charge in [-0.3, -0.25) is 9.59 Å². The third kappa shape index (κ3) is 2.56. The average Bonchev–Trinajstić information content (AvgIpc) is 2.97. The monoisotopic (exact) mass is 296 g/mol. The SMILES string of the molecule is COC(=O)CC(OC)(OC)N1ONc2c(C=O)cccc21. The largest absolute Gasteiger partial charge is 0.469 e. The maximum absolute atomic E-state index is 11.6. The molecule has 8 heteroatoms. The Labute approximate surface area is 121 Å². The van der Waals surface area contributed by atoms with Crippen molar-refractivity contribution in [2.24, 2.45) is 0 Å². The fraction of sp³-hybridized carbons (Fsp3) is 0.385. The van der Waals surface area contributed by atoms with E-state index in [0.29, 0.717) is 23.2 Å². The van der Waals surface area contributed by atoms with Crippen LogP contribution in [0.25, 0.3) is 0 Å². The number of esters is 1. The predicted molar refractivity (Wildman–Crippen MR) is 72.4 cm³/mol. The second-order valence-electron chi connectivity index (χ2n) is 4.22. The highest BCUT2D eigenvalue weighted by Crippen LogP contribution is 2.40. The Morgan fingerprint density at radius 1 is 1.38 bits per heavy atom. The fourth-order valence-corrected chi connectivity index (χ4v) is 2.05. The van der Waals surface area contributed by atoms with Crippen LogP contribution < -0.4 is 10.5 Å². The van der Waals surface area contributed by atoms with Crippen molar-refractivity contribution in [3.05, 3.63) is 23.8 Å². The van der Waals surface area contributed by atoms with Gasteiger partial charge in [0.15, 0.2) is 6.29 Å². The molecule has 2 rings (SSSR count). The number of nitrogens with one attached hydrogen (secondary N) is 1. The molecule has 1 aromatic rings. The van der Waals surface area contributed by atoms with Crippen LogP contribution in [0.5, 0.6) is 0 Å². The Kier molecular flexibility index (Phi) is 4.41. The van der Waals surface area contributed by atoms with E-state index in [1.807, 2.05) is 0 Å². The van der Waals surface area contributed by atoms with Gasteiger partial charge < -0.3 is 14.2 Å². The molecule has 1 aliphatic heterocycles. The fourth-order valence-electron chi connectivity index (χ4n) is 2.05. The molecule has 0 atom stereocenters. The number of para-hydroxylation sites is 1. The molecule has 21 heavy (non-hydrogen) atoms. The van der Waals surface area contributed by atoms with E-state index in [1.165, 1.54) is 26.4 Å². The first-order valence-corrected chi connectivity index (χ1v) is 6.10. The number of hydroxylamine groups is 1. The molecule has 0 radical (unpaired) electrons. The minimum absolute atomic E-state index is 0.233. The summed E-state index contributed by atoms with van der Waals surface area (Å²) in [5, 5.41) is 1.24. The van der Waals surface area contributed by atoms with Gasteiger partial charge in [-0.1, -0.05) is 6.07 Å². The predicted octanol–water partition coefficient (Wildman–Crippen LogP) is 1.09. The molecule has 0 spiro atoms. The van der Waals surface area contributed by atoms with E-state index in [1.54, 1.807) is 18.2 Å². The molecular formula is C13H16N2O6. The number of hydrogen-bond donors (Lipinski definition) is 1. The van der Waals surface area contributed by atoms with Crippen LogP contribution in [-0.2, 0) is 23.9 Å². The van der Waals surface area contributed by atoms with E-state index in [2.05, 4.69) is 10.2 Å². The third-order valence-electron chi connectivity index (χ3n) is 3.20. The zero-order valence-corrected chi connectivity index (χ0v) is 11.9. The van der Waals surface area contributed by atoms with Crippen molar-refractivity contribution < 1.29 is 28.7 Å². The number of ether oxygens (including phenoxy) is 3. The Morgan fingerprint density at radius 2 is 2.10 bits per heavy atom. The summed E-state index contributed by atoms with van der Waals surface area (Å²) in [6, 6.07) is 5.01. The molecule has 114 valence electrons. The van der Waals surface area contributed by atoms with E-state index >= 15 is 0 Å². The summed E-state index contributed by atoms with van der Waals surface area (Å²) in [7, 11) is 4.01. The van der Waals surface area contributed by atoms with Gasteiger partial charge >= 0.3 is 5.97 Å². The molecule has 0 aromatic heterocycles. The molecule has 0 aliphatic carbocycles. The lowest BCUT2D eigenvalue weighted by Crippen LogP contribution is -2.52. The Hall–Kier alpha value is -2.16. The van der Waals surface area contributed by atoms with E-state index < -0.39 is 11.9 Å². The van der Waals surface area contributed by atoms with Gasteiger partial charge in [-0.2, -0.15) is 10.0 Å². The first-order valence-electron chi connectivity index (χ1n) is 6.10. The summed E-state index contributed by atoms with van der Waals surface area (Å²) >= 11 is 0. The van der Waals surface area contributed by atoms with Crippen molar-refractivity contribution in [2.45, 2.75) is 12.3 Å². The van der Waals surface area contributed by atoms with Crippen molar-refractivity contribution in [3.8, 4) is 0 Å². The molecule has 0 bridgehead atoms. The maximum Gasteiger partial charge on any atom is 0.313 e. The van der Waals surface area contributed by atoms with Gasteiger partial charge in [-0.15, -0.1) is 0 Å². The van der Waals surface area contributed by atoms with Crippen molar-refractivity contribution in [2.75, 3.05) is 31.9 Å². The number of carbonyl (C=O) groups is 2. The molecular weight excluding hydrogens is 280 g/mol. The zero-order chi connectivity index (χ0) is 15.5. The standard InChI is InChI=1S/C13H16N2O6/c1-18-11(17)7-13(19-2,20-3)15-10-6-4-5-9(8-16)12(10)14-21-15/h4-6,8,14H,7H2,1-3H3. The summed E-state index contributed by atoms with van der Waals surface area (Å²) in [5.74, 6) is -2.06. The lowest BCUT2D eigenvalue weighted by molar-refractivity contribution is -0.246. The smallest absolute Gasteiger partial charge is 0.313 e. The first kappa shape index (κ1) is 15.2. The van der Waals surface area contributed by atoms with Gasteiger partial charge in [0.1, 0.15) is 6.42 Å². The van der Waals surface area contributed by atoms with Gasteiger partial charge in [0.25, 0.3) is 5.91 Å². The second kappa shape index (κ2) is 6.08. The number of fused-ring (bicyclic) bond motifs is 1. The number of benzene rings is 1. The van der Waals surface area contributed by atoms with Crippen molar-refractivity contribution in [1.29, 1.82) is 0 Å². The number of nitrogens with zero attached hydrogens (tertiary/aromatic N) is 1. The van der Waals surface area contributed by atoms with Crippen LogP contribution in [0.2, 0.25) is 0 Å². The highest BCUT2D eigenvalue weighted by Gasteiger charge is 2.46. The highest BCUT2D eigenvalue weighted by molar-refractivity contribution is 5.91. The molecule has 8 nitrogen and oxygen atoms in total. The minimum Gasteiger partial charge on any atom is -0.469 e. The number of carbonyl (C=O) groups excluding carboxylic acids is 2. The topological polar surface area (TPSA) is 86.3 Å². The third-order valence-corrected chi connectivity index (χ3v) is 3.20. The Bertz CT molecular complexity index is 543. The lowest BCUT2D eigenvalue weighted by Gasteiger charge is -2.36. The van der Waals surface area contributed by atoms with Crippen LogP contribution in [0.1, 0.15) is 16.8 Å². The van der Waals surface area contributed by atoms with Crippen molar-refractivity contribution in [3.63, 3.8) is 0 Å². The van der Waals surface area contributed by atoms with E-state index in [-0.39, 0.29) is 6.42 Å². The molecule has 1 N–H and O–H groups in total. The normalized spacial score (nSPS) is 13.6. The molecule has 1 heterocycles. The van der Waals surface area contributed by atoms with Crippen LogP contribution >= 0.6 is 0 Å². The van der Waals surface area contributed by atoms with E-state index in [4.69, 9.17) is 14.4 Å². The van der Waals surface area contributed by atoms with E-state index in [0.717, 1.165) is 0 Å². The van der Waals surface area contributed by atoms with Crippen LogP contribution in [0, 0.1) is 0 Å². The van der Waals surface area contributed by atoms with Crippen molar-refractivity contribution >= 4 is 23.6 Å². The van der Waals surface area contributed by atoms with Crippen LogP contribution in [0.3, 0.4) is 0 Å². The zero-order valence-electron chi connectivity index (χ0n) is 11.9. The van der Waals surface area contributed by atoms with Crippen LogP contribution in [0.4, 0.5) is 11.4 Å². The average molecular weight is 296 g/mol. The van der Waals surface area contributed by atoms with Crippen molar-refractivity contribution in [1.82, 2.24) is 0 Å². The molecule has 0 saturated carbocycles. The molecule has 1 aliphatic rings. The number of aldehydes is 1. The van der Waals surface area contributed by atoms with Crippen LogP contribution in [0.15, 0.2) is 18.2 Å². The summed E-state index contributed by atoms with van der Waals surface area (Å²) in [6.45, 7) is 0. The molecule has 0 fully saturated rings. The lowest BCUT2D eigenvalue weighted by atomic mass is 10.1. The van der Waals surface area contributed by atoms with Gasteiger partial charge in [0.2, 0.25) is 0 Å². The van der Waals surface area contributed by atoms with Gasteiger partial charge in [0.05, 0.1) is 18.5 Å². The number of anilines is 2. The van der Waals surface area contributed by atoms with Gasteiger partial charge in [-0.25, -0.2) is 5.48 Å². The first-order chi connectivity index (χ1) is 10.1. The molecule has 0 saturated heterocycles. The second-order valence-corrected chi connectivity index (χ2v) is 4.22. The minimum atomic E-state index is -1.52. The Morgan fingerprint density at radius 3 is 2.67 bits per heavy atom. The quantitative estimate of drug-likeness (QED) is 0.474. The summed E-state index contributed by atoms with van der Waals surface area (Å²) in [5.41, 5.74) is 4.00. The maximum atomic E-state index is 11.6. The number of rotatable bonds is 6. The molecule has 0 amide bonds. The van der Waals surface area contributed by atoms with Gasteiger partial charge in [-0.05, 0) is 12.1 Å². The van der Waals surface area contributed by atoms with Crippen LogP contribution in [-0.4, -0.2) is 39.5 Å². The number of hydrogen-bond acceptors (Lipinski definition) is 8. The Balaban J connectivity index is 2.42. The summed E-state index contributed by atoms with van der Waals surface area (Å²) in [6.07, 6.45) is 0.462. The molecule has 0 unspecified atom stereocenters. The highest BCUT2D eigenvalue weighted by atomic mass is 16.9. The summed E-state index contributed by atoms with van der Waals surface area (Å²) in [4.78, 5) is 28.0. The molecule has 1 aromatic carbocycles. The summed E-state index contributed by atoms with van der Waals surface area (Å²) < 4.78 is 15.3. The van der Waals surface area contributed by atoms with Gasteiger partial charge in [0, 0.05) is 19.8 Å². The number of methoxy groups -OCH3 is 3. The van der Waals surface area contributed by atoms with E-state index in [9.17, 15) is 9.59 Å².